The number of carbonyl (C=O) groups is 1. The number of amides is 1. The molecule has 2 aromatic carbocycles. The van der Waals surface area contributed by atoms with Crippen LogP contribution in [0.3, 0.4) is 0 Å². The number of halogens is 1. The first-order valence-electron chi connectivity index (χ1n) is 8.26. The second kappa shape index (κ2) is 8.05. The fourth-order valence-electron chi connectivity index (χ4n) is 2.55. The molecular weight excluding hydrogens is 351 g/mol. The molecule has 0 unspecified atom stereocenters. The van der Waals surface area contributed by atoms with Gasteiger partial charge < -0.3 is 5.32 Å². The van der Waals surface area contributed by atoms with Gasteiger partial charge in [0.2, 0.25) is 5.91 Å². The van der Waals surface area contributed by atoms with Gasteiger partial charge in [-0.1, -0.05) is 42.0 Å². The fourth-order valence-corrected chi connectivity index (χ4v) is 2.78. The second-order valence-corrected chi connectivity index (χ2v) is 6.41. The Bertz CT molecular complexity index is 945. The van der Waals surface area contributed by atoms with Crippen molar-refractivity contribution in [2.24, 2.45) is 0 Å². The molecule has 0 radical (unpaired) electrons. The Morgan fingerprint density at radius 2 is 1.88 bits per heavy atom. The first kappa shape index (κ1) is 18.0. The number of aryl methyl sites for hydroxylation is 1. The minimum atomic E-state index is -0.293. The van der Waals surface area contributed by atoms with E-state index in [1.54, 1.807) is 12.1 Å². The highest BCUT2D eigenvalue weighted by Crippen LogP contribution is 2.18. The van der Waals surface area contributed by atoms with Crippen LogP contribution in [0.4, 0.5) is 4.39 Å². The largest absolute Gasteiger partial charge is 0.352 e. The van der Waals surface area contributed by atoms with E-state index < -0.39 is 0 Å². The summed E-state index contributed by atoms with van der Waals surface area (Å²) in [5.41, 5.74) is 2.95. The van der Waals surface area contributed by atoms with Gasteiger partial charge in [-0.3, -0.25) is 14.5 Å². The molecule has 1 aromatic heterocycles. The number of nitrogens with zero attached hydrogens (tertiary/aromatic N) is 2. The maximum Gasteiger partial charge on any atom is 0.222 e. The van der Waals surface area contributed by atoms with E-state index in [9.17, 15) is 9.18 Å². The number of hydrogen-bond acceptors (Lipinski definition) is 3. The number of H-pyrrole nitrogens is 1. The van der Waals surface area contributed by atoms with Crippen LogP contribution in [0.25, 0.3) is 11.4 Å². The molecule has 1 amide bonds. The van der Waals surface area contributed by atoms with Crippen molar-refractivity contribution in [3.63, 3.8) is 0 Å². The van der Waals surface area contributed by atoms with E-state index in [4.69, 9.17) is 12.2 Å². The number of aromatic amines is 1. The molecule has 26 heavy (non-hydrogen) atoms. The SMILES string of the molecule is Cc1ccc(-c2n[nH]c(=S)n2CCC(=O)NCc2ccc(F)cc2)cc1. The Balaban J connectivity index is 1.61. The van der Waals surface area contributed by atoms with Crippen LogP contribution in [-0.4, -0.2) is 20.7 Å². The monoisotopic (exact) mass is 370 g/mol. The first-order valence-corrected chi connectivity index (χ1v) is 8.67. The lowest BCUT2D eigenvalue weighted by molar-refractivity contribution is -0.121. The topological polar surface area (TPSA) is 62.7 Å². The van der Waals surface area contributed by atoms with Gasteiger partial charge in [0.1, 0.15) is 5.82 Å². The lowest BCUT2D eigenvalue weighted by Gasteiger charge is -2.08. The second-order valence-electron chi connectivity index (χ2n) is 6.02. The predicted molar refractivity (Wildman–Crippen MR) is 100 cm³/mol. The molecule has 0 fully saturated rings. The van der Waals surface area contributed by atoms with Crippen LogP contribution in [-0.2, 0) is 17.9 Å². The summed E-state index contributed by atoms with van der Waals surface area (Å²) < 4.78 is 15.2. The molecular formula is C19H19FN4OS. The summed E-state index contributed by atoms with van der Waals surface area (Å²) in [6, 6.07) is 14.0. The van der Waals surface area contributed by atoms with E-state index in [0.29, 0.717) is 23.7 Å². The Kier molecular flexibility index (Phi) is 5.58. The van der Waals surface area contributed by atoms with Crippen molar-refractivity contribution >= 4 is 18.1 Å². The third-order valence-electron chi connectivity index (χ3n) is 4.03. The van der Waals surface area contributed by atoms with Gasteiger partial charge in [0.25, 0.3) is 0 Å². The van der Waals surface area contributed by atoms with Crippen LogP contribution in [0.2, 0.25) is 0 Å². The summed E-state index contributed by atoms with van der Waals surface area (Å²) in [4.78, 5) is 12.1. The van der Waals surface area contributed by atoms with Crippen molar-refractivity contribution in [1.82, 2.24) is 20.1 Å². The Morgan fingerprint density at radius 3 is 2.58 bits per heavy atom. The molecule has 5 nitrogen and oxygen atoms in total. The molecule has 0 aliphatic heterocycles. The average Bonchev–Trinajstić information content (AvgIpc) is 3.01. The minimum Gasteiger partial charge on any atom is -0.352 e. The van der Waals surface area contributed by atoms with Gasteiger partial charge in [-0.05, 0) is 36.8 Å². The molecule has 0 bridgehead atoms. The molecule has 134 valence electrons. The summed E-state index contributed by atoms with van der Waals surface area (Å²) in [6.07, 6.45) is 0.272. The van der Waals surface area contributed by atoms with E-state index in [1.165, 1.54) is 12.1 Å². The third kappa shape index (κ3) is 4.43. The normalized spacial score (nSPS) is 10.7. The lowest BCUT2D eigenvalue weighted by Crippen LogP contribution is -2.24. The molecule has 0 saturated carbocycles. The molecule has 3 aromatic rings. The van der Waals surface area contributed by atoms with Crippen molar-refractivity contribution in [1.29, 1.82) is 0 Å². The number of carbonyl (C=O) groups excluding carboxylic acids is 1. The van der Waals surface area contributed by atoms with Gasteiger partial charge >= 0.3 is 0 Å². The van der Waals surface area contributed by atoms with Crippen LogP contribution in [0.5, 0.6) is 0 Å². The molecule has 2 N–H and O–H groups in total. The maximum absolute atomic E-state index is 12.9. The number of nitrogens with one attached hydrogen (secondary N) is 2. The first-order chi connectivity index (χ1) is 12.5. The Labute approximate surface area is 155 Å². The molecule has 0 spiro atoms. The van der Waals surface area contributed by atoms with E-state index >= 15 is 0 Å². The van der Waals surface area contributed by atoms with Gasteiger partial charge in [-0.25, -0.2) is 4.39 Å². The summed E-state index contributed by atoms with van der Waals surface area (Å²) >= 11 is 5.28. The zero-order chi connectivity index (χ0) is 18.5. The molecule has 3 rings (SSSR count). The summed E-state index contributed by atoms with van der Waals surface area (Å²) in [6.45, 7) is 2.81. The number of benzene rings is 2. The van der Waals surface area contributed by atoms with Crippen molar-refractivity contribution < 1.29 is 9.18 Å². The highest BCUT2D eigenvalue weighted by Gasteiger charge is 2.10. The van der Waals surface area contributed by atoms with Gasteiger partial charge in [0, 0.05) is 25.1 Å². The highest BCUT2D eigenvalue weighted by molar-refractivity contribution is 7.71. The predicted octanol–water partition coefficient (Wildman–Crippen LogP) is 3.76. The number of hydrogen-bond donors (Lipinski definition) is 2. The van der Waals surface area contributed by atoms with E-state index in [-0.39, 0.29) is 18.1 Å². The minimum absolute atomic E-state index is 0.104. The molecule has 0 aliphatic rings. The Hall–Kier alpha value is -2.80. The van der Waals surface area contributed by atoms with Crippen LogP contribution >= 0.6 is 12.2 Å². The molecule has 0 atom stereocenters. The van der Waals surface area contributed by atoms with E-state index in [0.717, 1.165) is 16.7 Å². The average molecular weight is 370 g/mol. The zero-order valence-electron chi connectivity index (χ0n) is 14.3. The Morgan fingerprint density at radius 1 is 1.19 bits per heavy atom. The van der Waals surface area contributed by atoms with Gasteiger partial charge in [0.15, 0.2) is 10.6 Å². The quantitative estimate of drug-likeness (QED) is 0.650. The summed E-state index contributed by atoms with van der Waals surface area (Å²) in [5.74, 6) is 0.312. The summed E-state index contributed by atoms with van der Waals surface area (Å²) in [5, 5.41) is 9.89. The van der Waals surface area contributed by atoms with Crippen molar-refractivity contribution in [3.8, 4) is 11.4 Å². The highest BCUT2D eigenvalue weighted by atomic mass is 32.1. The van der Waals surface area contributed by atoms with Crippen molar-refractivity contribution in [2.75, 3.05) is 0 Å². The number of aromatic nitrogens is 3. The van der Waals surface area contributed by atoms with Crippen molar-refractivity contribution in [3.05, 3.63) is 70.2 Å². The van der Waals surface area contributed by atoms with E-state index in [2.05, 4.69) is 15.5 Å². The van der Waals surface area contributed by atoms with Crippen LogP contribution < -0.4 is 5.32 Å². The number of rotatable bonds is 6. The van der Waals surface area contributed by atoms with Crippen LogP contribution in [0.15, 0.2) is 48.5 Å². The standard InChI is InChI=1S/C19H19FN4OS/c1-13-2-6-15(7-3-13)18-22-23-19(26)24(18)11-10-17(25)21-12-14-4-8-16(20)9-5-14/h2-9H,10-12H2,1H3,(H,21,25)(H,23,26). The van der Waals surface area contributed by atoms with Gasteiger partial charge in [0.05, 0.1) is 0 Å². The fraction of sp³-hybridized carbons (Fsp3) is 0.211. The molecule has 0 aliphatic carbocycles. The maximum atomic E-state index is 12.9. The van der Waals surface area contributed by atoms with Crippen LogP contribution in [0, 0.1) is 17.5 Å². The van der Waals surface area contributed by atoms with E-state index in [1.807, 2.05) is 35.8 Å². The van der Waals surface area contributed by atoms with Crippen molar-refractivity contribution in [2.45, 2.75) is 26.4 Å². The van der Waals surface area contributed by atoms with Gasteiger partial charge in [-0.2, -0.15) is 5.10 Å². The smallest absolute Gasteiger partial charge is 0.222 e. The molecule has 7 heteroatoms. The third-order valence-corrected chi connectivity index (χ3v) is 4.35. The molecule has 0 saturated heterocycles. The lowest BCUT2D eigenvalue weighted by atomic mass is 10.1. The zero-order valence-corrected chi connectivity index (χ0v) is 15.1. The van der Waals surface area contributed by atoms with Crippen LogP contribution in [0.1, 0.15) is 17.5 Å². The molecule has 1 heterocycles. The van der Waals surface area contributed by atoms with Gasteiger partial charge in [-0.15, -0.1) is 0 Å². The summed E-state index contributed by atoms with van der Waals surface area (Å²) in [7, 11) is 0.